The molecule has 0 aliphatic carbocycles. The molecule has 2 atom stereocenters. The third-order valence-electron chi connectivity index (χ3n) is 0.453. The molecule has 0 aromatic carbocycles. The molecule has 0 aromatic rings. The van der Waals surface area contributed by atoms with Crippen molar-refractivity contribution < 1.29 is 37.0 Å². The Morgan fingerprint density at radius 3 is 1.92 bits per heavy atom. The van der Waals surface area contributed by atoms with Gasteiger partial charge in [-0.15, -0.1) is 0 Å². The van der Waals surface area contributed by atoms with Gasteiger partial charge in [0.15, 0.2) is 8.03 Å². The maximum Gasteiger partial charge on any atom is 0.486 e. The standard InChI is InChI=1S/CH7O8P3/c1-10(2)8-12(6,7)9-11(3,4)5/h10H,1H3,(H,6,7)(H2,3,4,5). The van der Waals surface area contributed by atoms with Crippen LogP contribution in [-0.2, 0) is 22.3 Å². The molecule has 0 saturated heterocycles. The van der Waals surface area contributed by atoms with Crippen LogP contribution in [0.1, 0.15) is 0 Å². The minimum absolute atomic E-state index is 0.969. The van der Waals surface area contributed by atoms with Gasteiger partial charge < -0.3 is 14.7 Å². The lowest BCUT2D eigenvalue weighted by Gasteiger charge is -2.09. The van der Waals surface area contributed by atoms with Crippen LogP contribution in [0.5, 0.6) is 0 Å². The van der Waals surface area contributed by atoms with Gasteiger partial charge >= 0.3 is 15.6 Å². The predicted molar refractivity (Wildman–Crippen MR) is 39.0 cm³/mol. The average Bonchev–Trinajstić information content (AvgIpc) is 1.48. The molecule has 0 aromatic heterocycles. The number of hydrogen-bond donors (Lipinski definition) is 3. The zero-order chi connectivity index (χ0) is 9.99. The van der Waals surface area contributed by atoms with Crippen LogP contribution in [0, 0.1) is 0 Å². The molecule has 3 N–H and O–H groups in total. The van der Waals surface area contributed by atoms with E-state index in [9.17, 15) is 13.7 Å². The molecule has 0 bridgehead atoms. The Hall–Kier alpha value is 0.490. The summed E-state index contributed by atoms with van der Waals surface area (Å²) in [7, 11) is -12.8. The Balaban J connectivity index is 4.35. The van der Waals surface area contributed by atoms with Crippen LogP contribution in [0.4, 0.5) is 0 Å². The summed E-state index contributed by atoms with van der Waals surface area (Å²) in [5, 5.41) is 0. The summed E-state index contributed by atoms with van der Waals surface area (Å²) in [6.45, 7) is 0.969. The van der Waals surface area contributed by atoms with Crippen LogP contribution < -0.4 is 0 Å². The van der Waals surface area contributed by atoms with Crippen molar-refractivity contribution in [3.63, 3.8) is 0 Å². The monoisotopic (exact) mass is 240 g/mol. The summed E-state index contributed by atoms with van der Waals surface area (Å²) in [5.74, 6) is 0. The Bertz CT molecular complexity index is 261. The molecule has 0 heterocycles. The fourth-order valence-corrected chi connectivity index (χ4v) is 3.12. The minimum Gasteiger partial charge on any atom is -0.302 e. The third-order valence-corrected chi connectivity index (χ3v) is 4.08. The van der Waals surface area contributed by atoms with Gasteiger partial charge in [0.2, 0.25) is 0 Å². The SMILES string of the molecule is C[PH](=O)OP(=O)(O)OP(=O)(O)O. The summed E-state index contributed by atoms with van der Waals surface area (Å²) < 4.78 is 37.8. The Morgan fingerprint density at radius 2 is 1.67 bits per heavy atom. The molecule has 0 aliphatic heterocycles. The van der Waals surface area contributed by atoms with Gasteiger partial charge in [0.1, 0.15) is 0 Å². The van der Waals surface area contributed by atoms with E-state index >= 15 is 0 Å². The van der Waals surface area contributed by atoms with Gasteiger partial charge in [0, 0.05) is 6.66 Å². The van der Waals surface area contributed by atoms with Crippen molar-refractivity contribution in [2.75, 3.05) is 6.66 Å². The van der Waals surface area contributed by atoms with Crippen LogP contribution in [0.3, 0.4) is 0 Å². The molecule has 8 nitrogen and oxygen atoms in total. The number of phosphoric acid groups is 2. The van der Waals surface area contributed by atoms with Crippen molar-refractivity contribution in [2.24, 2.45) is 0 Å². The normalized spacial score (nSPS) is 20.0. The van der Waals surface area contributed by atoms with Gasteiger partial charge in [-0.25, -0.2) is 13.4 Å². The largest absolute Gasteiger partial charge is 0.486 e. The molecule has 2 unspecified atom stereocenters. The molecule has 12 heavy (non-hydrogen) atoms. The summed E-state index contributed by atoms with van der Waals surface area (Å²) >= 11 is 0. The lowest BCUT2D eigenvalue weighted by molar-refractivity contribution is 0.232. The van der Waals surface area contributed by atoms with E-state index in [0.29, 0.717) is 0 Å². The van der Waals surface area contributed by atoms with Gasteiger partial charge in [-0.05, 0) is 0 Å². The number of rotatable bonds is 4. The predicted octanol–water partition coefficient (Wildman–Crippen LogP) is 0.317. The van der Waals surface area contributed by atoms with E-state index in [2.05, 4.69) is 8.62 Å². The Kier molecular flexibility index (Phi) is 4.30. The topological polar surface area (TPSA) is 130 Å². The maximum absolute atomic E-state index is 10.5. The highest BCUT2D eigenvalue weighted by atomic mass is 31.3. The zero-order valence-corrected chi connectivity index (χ0v) is 8.57. The van der Waals surface area contributed by atoms with Crippen LogP contribution in [0.15, 0.2) is 0 Å². The first-order chi connectivity index (χ1) is 5.12. The fraction of sp³-hybridized carbons (Fsp3) is 1.00. The first kappa shape index (κ1) is 12.5. The van der Waals surface area contributed by atoms with Gasteiger partial charge in [-0.3, -0.25) is 4.57 Å². The summed E-state index contributed by atoms with van der Waals surface area (Å²) in [4.78, 5) is 24.6. The van der Waals surface area contributed by atoms with Crippen LogP contribution in [0.25, 0.3) is 0 Å². The van der Waals surface area contributed by atoms with Crippen LogP contribution >= 0.6 is 23.7 Å². The van der Waals surface area contributed by atoms with Crippen LogP contribution in [-0.4, -0.2) is 21.3 Å². The molecular weight excluding hydrogens is 233 g/mol. The molecule has 0 aliphatic rings. The van der Waals surface area contributed by atoms with Gasteiger partial charge in [0.25, 0.3) is 0 Å². The van der Waals surface area contributed by atoms with E-state index < -0.39 is 23.7 Å². The van der Waals surface area contributed by atoms with Gasteiger partial charge in [-0.2, -0.15) is 4.31 Å². The first-order valence-electron chi connectivity index (χ1n) is 2.42. The quantitative estimate of drug-likeness (QED) is 0.598. The lowest BCUT2D eigenvalue weighted by Crippen LogP contribution is -1.87. The second-order valence-corrected chi connectivity index (χ2v) is 5.91. The smallest absolute Gasteiger partial charge is 0.302 e. The molecule has 74 valence electrons. The van der Waals surface area contributed by atoms with Crippen molar-refractivity contribution in [3.05, 3.63) is 0 Å². The van der Waals surface area contributed by atoms with Crippen molar-refractivity contribution in [2.45, 2.75) is 0 Å². The van der Waals surface area contributed by atoms with E-state index in [-0.39, 0.29) is 0 Å². The highest BCUT2D eigenvalue weighted by molar-refractivity contribution is 7.64. The molecule has 11 heteroatoms. The fourth-order valence-electron chi connectivity index (χ4n) is 0.314. The zero-order valence-electron chi connectivity index (χ0n) is 5.78. The molecule has 0 spiro atoms. The van der Waals surface area contributed by atoms with E-state index in [1.54, 1.807) is 0 Å². The summed E-state index contributed by atoms with van der Waals surface area (Å²) in [5.41, 5.74) is 0. The van der Waals surface area contributed by atoms with E-state index in [0.717, 1.165) is 6.66 Å². The van der Waals surface area contributed by atoms with Crippen molar-refractivity contribution >= 4 is 23.7 Å². The maximum atomic E-state index is 10.5. The number of hydrogen-bond acceptors (Lipinski definition) is 5. The van der Waals surface area contributed by atoms with E-state index in [1.165, 1.54) is 0 Å². The molecule has 0 saturated carbocycles. The molecule has 0 rings (SSSR count). The third kappa shape index (κ3) is 7.16. The second-order valence-electron chi connectivity index (χ2n) is 1.62. The highest BCUT2D eigenvalue weighted by Crippen LogP contribution is 2.61. The van der Waals surface area contributed by atoms with Crippen molar-refractivity contribution in [1.82, 2.24) is 0 Å². The van der Waals surface area contributed by atoms with Crippen molar-refractivity contribution in [1.29, 1.82) is 0 Å². The Morgan fingerprint density at radius 1 is 1.25 bits per heavy atom. The van der Waals surface area contributed by atoms with Crippen LogP contribution in [0.2, 0.25) is 0 Å². The van der Waals surface area contributed by atoms with E-state index in [1.807, 2.05) is 0 Å². The molecule has 0 fully saturated rings. The molecule has 0 amide bonds. The average molecular weight is 240 g/mol. The minimum atomic E-state index is -5.10. The van der Waals surface area contributed by atoms with Gasteiger partial charge in [0.05, 0.1) is 0 Å². The van der Waals surface area contributed by atoms with Gasteiger partial charge in [-0.1, -0.05) is 0 Å². The summed E-state index contributed by atoms with van der Waals surface area (Å²) in [6.07, 6.45) is 0. The second kappa shape index (κ2) is 4.13. The Labute approximate surface area is 68.2 Å². The lowest BCUT2D eigenvalue weighted by atomic mass is 12.0. The highest BCUT2D eigenvalue weighted by Gasteiger charge is 2.33. The molecular formula is CH7O8P3. The molecule has 0 radical (unpaired) electrons. The summed E-state index contributed by atoms with van der Waals surface area (Å²) in [6, 6.07) is 0. The first-order valence-corrected chi connectivity index (χ1v) is 7.26. The van der Waals surface area contributed by atoms with E-state index in [4.69, 9.17) is 14.7 Å². The van der Waals surface area contributed by atoms with Crippen molar-refractivity contribution in [3.8, 4) is 0 Å².